The highest BCUT2D eigenvalue weighted by atomic mass is 79.9. The predicted octanol–water partition coefficient (Wildman–Crippen LogP) is 4.33. The number of benzene rings is 1. The van der Waals surface area contributed by atoms with E-state index < -0.39 is 0 Å². The molecule has 1 saturated carbocycles. The highest BCUT2D eigenvalue weighted by Gasteiger charge is 2.59. The van der Waals surface area contributed by atoms with Crippen molar-refractivity contribution in [3.63, 3.8) is 0 Å². The topological polar surface area (TPSA) is 21.3 Å². The Labute approximate surface area is 121 Å². The Balaban J connectivity index is 1.82. The molecule has 0 aromatic heterocycles. The molecule has 0 radical (unpaired) electrons. The van der Waals surface area contributed by atoms with Gasteiger partial charge in [0, 0.05) is 28.5 Å². The van der Waals surface area contributed by atoms with Gasteiger partial charge in [-0.15, -0.1) is 0 Å². The van der Waals surface area contributed by atoms with Crippen molar-refractivity contribution in [3.8, 4) is 0 Å². The molecule has 4 heteroatoms. The third kappa shape index (κ3) is 1.87. The van der Waals surface area contributed by atoms with E-state index in [1.165, 1.54) is 0 Å². The molecule has 0 bridgehead atoms. The van der Waals surface area contributed by atoms with Crippen molar-refractivity contribution >= 4 is 33.2 Å². The van der Waals surface area contributed by atoms with Gasteiger partial charge in [-0.3, -0.25) is 0 Å². The van der Waals surface area contributed by atoms with Gasteiger partial charge in [0.2, 0.25) is 0 Å². The summed E-state index contributed by atoms with van der Waals surface area (Å²) in [5, 5.41) is 4.38. The maximum atomic E-state index is 6.24. The van der Waals surface area contributed by atoms with Gasteiger partial charge in [-0.2, -0.15) is 0 Å². The van der Waals surface area contributed by atoms with Crippen LogP contribution in [0.2, 0.25) is 5.02 Å². The number of halogens is 2. The second-order valence-corrected chi connectivity index (χ2v) is 7.13. The van der Waals surface area contributed by atoms with Crippen LogP contribution in [0.5, 0.6) is 0 Å². The zero-order chi connectivity index (χ0) is 12.9. The molecule has 0 spiro atoms. The van der Waals surface area contributed by atoms with Crippen LogP contribution < -0.4 is 5.32 Å². The Morgan fingerprint density at radius 2 is 2.22 bits per heavy atom. The molecule has 1 aliphatic carbocycles. The molecule has 3 atom stereocenters. The summed E-state index contributed by atoms with van der Waals surface area (Å²) in [5.41, 5.74) is 1.18. The van der Waals surface area contributed by atoms with E-state index >= 15 is 0 Å². The van der Waals surface area contributed by atoms with Crippen molar-refractivity contribution in [2.24, 2.45) is 11.3 Å². The fourth-order valence-corrected chi connectivity index (χ4v) is 3.93. The molecule has 1 N–H and O–H groups in total. The Hall–Kier alpha value is -0.250. The molecule has 3 unspecified atom stereocenters. The molecule has 1 saturated heterocycles. The summed E-state index contributed by atoms with van der Waals surface area (Å²) < 4.78 is 6.85. The molecule has 1 aromatic rings. The smallest absolute Gasteiger partial charge is 0.0694 e. The van der Waals surface area contributed by atoms with E-state index in [9.17, 15) is 0 Å². The fourth-order valence-electron chi connectivity index (χ4n) is 3.39. The number of fused-ring (bicyclic) bond motifs is 1. The van der Waals surface area contributed by atoms with Gasteiger partial charge in [-0.25, -0.2) is 0 Å². The van der Waals surface area contributed by atoms with Crippen LogP contribution in [0, 0.1) is 11.3 Å². The lowest BCUT2D eigenvalue weighted by Crippen LogP contribution is -2.63. The second kappa shape index (κ2) is 4.39. The summed E-state index contributed by atoms with van der Waals surface area (Å²) in [6.07, 6.45) is 1.55. The first kappa shape index (κ1) is 12.8. The van der Waals surface area contributed by atoms with Crippen LogP contribution >= 0.6 is 27.5 Å². The van der Waals surface area contributed by atoms with Gasteiger partial charge in [0.25, 0.3) is 0 Å². The zero-order valence-corrected chi connectivity index (χ0v) is 12.9. The molecular weight excluding hydrogens is 314 g/mol. The molecule has 98 valence electrons. The van der Waals surface area contributed by atoms with E-state index in [1.807, 2.05) is 18.2 Å². The average Bonchev–Trinajstić information content (AvgIpc) is 2.77. The third-order valence-corrected chi connectivity index (χ3v) is 5.16. The third-order valence-electron chi connectivity index (χ3n) is 4.34. The zero-order valence-electron chi connectivity index (χ0n) is 10.5. The lowest BCUT2D eigenvalue weighted by molar-refractivity contribution is -0.0923. The van der Waals surface area contributed by atoms with E-state index in [2.05, 4.69) is 35.1 Å². The standard InChI is InChI=1S/C14H17BrClNO/c1-14(2)12(9-5-6-18-13(9)14)17-11-7-8(15)3-4-10(11)16/h3-4,7,9,12-13,17H,5-6H2,1-2H3. The Bertz CT molecular complexity index is 477. The molecule has 3 rings (SSSR count). The monoisotopic (exact) mass is 329 g/mol. The van der Waals surface area contributed by atoms with Gasteiger partial charge < -0.3 is 10.1 Å². The van der Waals surface area contributed by atoms with Gasteiger partial charge >= 0.3 is 0 Å². The van der Waals surface area contributed by atoms with Crippen molar-refractivity contribution in [2.45, 2.75) is 32.4 Å². The molecule has 2 aliphatic rings. The summed E-state index contributed by atoms with van der Waals surface area (Å²) in [4.78, 5) is 0. The van der Waals surface area contributed by atoms with Gasteiger partial charge in [0.05, 0.1) is 16.8 Å². The number of nitrogens with one attached hydrogen (secondary N) is 1. The molecular formula is C14H17BrClNO. The highest BCUT2D eigenvalue weighted by molar-refractivity contribution is 9.10. The van der Waals surface area contributed by atoms with Crippen LogP contribution in [0.4, 0.5) is 5.69 Å². The molecule has 2 nitrogen and oxygen atoms in total. The minimum atomic E-state index is 0.173. The minimum Gasteiger partial charge on any atom is -0.380 e. The van der Waals surface area contributed by atoms with Crippen molar-refractivity contribution < 1.29 is 4.74 Å². The van der Waals surface area contributed by atoms with Crippen LogP contribution in [0.1, 0.15) is 20.3 Å². The molecule has 0 amide bonds. The molecule has 18 heavy (non-hydrogen) atoms. The van der Waals surface area contributed by atoms with Crippen molar-refractivity contribution in [1.82, 2.24) is 0 Å². The lowest BCUT2D eigenvalue weighted by Gasteiger charge is -2.55. The number of ether oxygens (including phenoxy) is 1. The first-order valence-corrected chi connectivity index (χ1v) is 7.50. The summed E-state index contributed by atoms with van der Waals surface area (Å²) in [5.74, 6) is 0.620. The summed E-state index contributed by atoms with van der Waals surface area (Å²) in [6.45, 7) is 5.43. The normalized spacial score (nSPS) is 32.8. The van der Waals surface area contributed by atoms with Gasteiger partial charge in [-0.05, 0) is 24.6 Å². The predicted molar refractivity (Wildman–Crippen MR) is 78.2 cm³/mol. The highest BCUT2D eigenvalue weighted by Crippen LogP contribution is 2.53. The Morgan fingerprint density at radius 3 is 3.00 bits per heavy atom. The average molecular weight is 331 g/mol. The SMILES string of the molecule is CC1(C)C(Nc2cc(Br)ccc2Cl)C2CCOC21. The van der Waals surface area contributed by atoms with Crippen molar-refractivity contribution in [3.05, 3.63) is 27.7 Å². The van der Waals surface area contributed by atoms with Crippen LogP contribution in [0.25, 0.3) is 0 Å². The maximum Gasteiger partial charge on any atom is 0.0694 e. The molecule has 1 aliphatic heterocycles. The van der Waals surface area contributed by atoms with Crippen LogP contribution in [0.3, 0.4) is 0 Å². The number of hydrogen-bond acceptors (Lipinski definition) is 2. The van der Waals surface area contributed by atoms with E-state index in [1.54, 1.807) is 0 Å². The van der Waals surface area contributed by atoms with E-state index in [0.717, 1.165) is 28.2 Å². The number of hydrogen-bond donors (Lipinski definition) is 1. The number of anilines is 1. The first-order chi connectivity index (χ1) is 8.50. The van der Waals surface area contributed by atoms with Crippen molar-refractivity contribution in [1.29, 1.82) is 0 Å². The molecule has 2 fully saturated rings. The van der Waals surface area contributed by atoms with E-state index in [4.69, 9.17) is 16.3 Å². The number of rotatable bonds is 2. The molecule has 1 heterocycles. The lowest BCUT2D eigenvalue weighted by atomic mass is 9.57. The first-order valence-electron chi connectivity index (χ1n) is 6.33. The van der Waals surface area contributed by atoms with Crippen molar-refractivity contribution in [2.75, 3.05) is 11.9 Å². The second-order valence-electron chi connectivity index (χ2n) is 5.81. The van der Waals surface area contributed by atoms with Crippen LogP contribution in [0.15, 0.2) is 22.7 Å². The van der Waals surface area contributed by atoms with Crippen LogP contribution in [-0.2, 0) is 4.74 Å². The van der Waals surface area contributed by atoms with Gasteiger partial charge in [0.1, 0.15) is 0 Å². The van der Waals surface area contributed by atoms with E-state index in [0.29, 0.717) is 18.1 Å². The minimum absolute atomic E-state index is 0.173. The maximum absolute atomic E-state index is 6.24. The summed E-state index contributed by atoms with van der Waals surface area (Å²) >= 11 is 9.73. The Kier molecular flexibility index (Phi) is 3.12. The van der Waals surface area contributed by atoms with Gasteiger partial charge in [-0.1, -0.05) is 41.4 Å². The summed E-state index contributed by atoms with van der Waals surface area (Å²) in [7, 11) is 0. The quantitative estimate of drug-likeness (QED) is 0.871. The van der Waals surface area contributed by atoms with Crippen LogP contribution in [-0.4, -0.2) is 18.8 Å². The summed E-state index contributed by atoms with van der Waals surface area (Å²) in [6, 6.07) is 6.36. The largest absolute Gasteiger partial charge is 0.380 e. The molecule has 1 aromatic carbocycles. The Morgan fingerprint density at radius 1 is 1.44 bits per heavy atom. The fraction of sp³-hybridized carbons (Fsp3) is 0.571. The van der Waals surface area contributed by atoms with Gasteiger partial charge in [0.15, 0.2) is 0 Å². The van der Waals surface area contributed by atoms with E-state index in [-0.39, 0.29) is 5.41 Å².